The van der Waals surface area contributed by atoms with E-state index >= 15 is 0 Å². The number of nitrogens with zero attached hydrogens (tertiary/aromatic N) is 5. The van der Waals surface area contributed by atoms with Crippen LogP contribution in [-0.4, -0.2) is 29.7 Å². The second-order valence-corrected chi connectivity index (χ2v) is 7.65. The molecule has 4 rings (SSSR count). The predicted octanol–water partition coefficient (Wildman–Crippen LogP) is 1.58. The Morgan fingerprint density at radius 1 is 1.32 bits per heavy atom. The minimum absolute atomic E-state index is 0.206. The standard InChI is InChI=1S/C16H19BrN6O2/c1-2-3-4-7-22-11-9(8-10(17)19-11)12(24)23-14(20-21-15(22)23)16(5-6-16)13(18)25/h2-8H2,1H3,(H2,18,25). The maximum atomic E-state index is 13.1. The van der Waals surface area contributed by atoms with E-state index in [9.17, 15) is 9.59 Å². The van der Waals surface area contributed by atoms with Gasteiger partial charge in [0.2, 0.25) is 11.7 Å². The largest absolute Gasteiger partial charge is 0.369 e. The molecular weight excluding hydrogens is 388 g/mol. The third-order valence-corrected chi connectivity index (χ3v) is 5.52. The van der Waals surface area contributed by atoms with Crippen molar-refractivity contribution in [1.29, 1.82) is 0 Å². The van der Waals surface area contributed by atoms with Crippen LogP contribution in [0.2, 0.25) is 0 Å². The van der Waals surface area contributed by atoms with E-state index in [4.69, 9.17) is 5.73 Å². The Bertz CT molecular complexity index is 969. The minimum Gasteiger partial charge on any atom is -0.369 e. The van der Waals surface area contributed by atoms with E-state index in [-0.39, 0.29) is 5.56 Å². The van der Waals surface area contributed by atoms with Crippen LogP contribution in [0.15, 0.2) is 9.79 Å². The number of aromatic nitrogens is 4. The quantitative estimate of drug-likeness (QED) is 0.734. The molecule has 0 bridgehead atoms. The molecule has 2 N–H and O–H groups in total. The first kappa shape index (κ1) is 16.4. The highest BCUT2D eigenvalue weighted by Gasteiger charge is 2.54. The van der Waals surface area contributed by atoms with E-state index < -0.39 is 11.3 Å². The van der Waals surface area contributed by atoms with Crippen molar-refractivity contribution in [3.05, 3.63) is 21.7 Å². The average molecular weight is 407 g/mol. The molecule has 0 saturated heterocycles. The third kappa shape index (κ3) is 2.36. The lowest BCUT2D eigenvalue weighted by Crippen LogP contribution is -2.33. The number of nitrogens with two attached hydrogens (primary N) is 1. The predicted molar refractivity (Wildman–Crippen MR) is 96.6 cm³/mol. The summed E-state index contributed by atoms with van der Waals surface area (Å²) in [4.78, 5) is 29.5. The molecule has 2 aromatic heterocycles. The number of unbranched alkanes of at least 4 members (excludes halogenated alkanes) is 2. The zero-order valence-corrected chi connectivity index (χ0v) is 15.5. The Hall–Kier alpha value is -2.03. The first-order valence-electron chi connectivity index (χ1n) is 8.54. The highest BCUT2D eigenvalue weighted by molar-refractivity contribution is 9.18. The molecule has 0 radical (unpaired) electrons. The number of hydrogen-bond donors (Lipinski definition) is 1. The molecule has 25 heavy (non-hydrogen) atoms. The van der Waals surface area contributed by atoms with Crippen LogP contribution in [0.5, 0.6) is 0 Å². The molecule has 2 aliphatic rings. The van der Waals surface area contributed by atoms with Crippen LogP contribution in [0.1, 0.15) is 50.4 Å². The van der Waals surface area contributed by atoms with Crippen molar-refractivity contribution in [2.45, 2.75) is 57.4 Å². The van der Waals surface area contributed by atoms with E-state index in [1.807, 2.05) is 4.57 Å². The van der Waals surface area contributed by atoms with Crippen LogP contribution in [0.4, 0.5) is 5.82 Å². The van der Waals surface area contributed by atoms with Crippen LogP contribution >= 0.6 is 15.9 Å². The third-order valence-electron chi connectivity index (χ3n) is 5.06. The van der Waals surface area contributed by atoms with E-state index in [2.05, 4.69) is 38.0 Å². The smallest absolute Gasteiger partial charge is 0.266 e. The van der Waals surface area contributed by atoms with Gasteiger partial charge in [-0.25, -0.2) is 9.39 Å². The number of carbonyl (C=O) groups excluding carboxylic acids is 1. The number of aryl methyl sites for hydroxylation is 1. The van der Waals surface area contributed by atoms with Crippen molar-refractivity contribution in [2.75, 3.05) is 0 Å². The second kappa shape index (κ2) is 5.76. The van der Waals surface area contributed by atoms with Crippen LogP contribution in [0.3, 0.4) is 0 Å². The lowest BCUT2D eigenvalue weighted by molar-refractivity contribution is -0.120. The highest BCUT2D eigenvalue weighted by atomic mass is 79.9. The lowest BCUT2D eigenvalue weighted by atomic mass is 10.1. The van der Waals surface area contributed by atoms with E-state index in [0.29, 0.717) is 48.8 Å². The minimum atomic E-state index is -0.856. The normalized spacial score (nSPS) is 17.6. The molecule has 9 heteroatoms. The number of carbonyl (C=O) groups is 1. The first-order valence-corrected chi connectivity index (χ1v) is 9.33. The Kier molecular flexibility index (Phi) is 3.78. The van der Waals surface area contributed by atoms with Gasteiger partial charge in [-0.1, -0.05) is 19.8 Å². The fourth-order valence-electron chi connectivity index (χ4n) is 3.45. The average Bonchev–Trinajstić information content (AvgIpc) is 3.11. The van der Waals surface area contributed by atoms with Gasteiger partial charge in [0.25, 0.3) is 5.56 Å². The van der Waals surface area contributed by atoms with Crippen LogP contribution in [0, 0.1) is 0 Å². The van der Waals surface area contributed by atoms with Crippen molar-refractivity contribution in [2.24, 2.45) is 10.7 Å². The number of halogens is 1. The van der Waals surface area contributed by atoms with Gasteiger partial charge in [0.15, 0.2) is 5.82 Å². The fourth-order valence-corrected chi connectivity index (χ4v) is 3.90. The van der Waals surface area contributed by atoms with Gasteiger partial charge in [0.05, 0.1) is 10.2 Å². The monoisotopic (exact) mass is 406 g/mol. The van der Waals surface area contributed by atoms with Gasteiger partial charge in [-0.2, -0.15) is 0 Å². The van der Waals surface area contributed by atoms with Gasteiger partial charge in [0.1, 0.15) is 11.2 Å². The summed E-state index contributed by atoms with van der Waals surface area (Å²) in [6.45, 7) is 2.84. The molecule has 0 atom stereocenters. The van der Waals surface area contributed by atoms with E-state index in [1.54, 1.807) is 0 Å². The van der Waals surface area contributed by atoms with Crippen LogP contribution in [-0.2, 0) is 23.2 Å². The maximum Gasteiger partial charge on any atom is 0.266 e. The number of hydrogen-bond acceptors (Lipinski definition) is 5. The molecule has 0 aromatic carbocycles. The van der Waals surface area contributed by atoms with Crippen molar-refractivity contribution in [3.8, 4) is 0 Å². The molecule has 0 spiro atoms. The van der Waals surface area contributed by atoms with Crippen molar-refractivity contribution >= 4 is 38.1 Å². The molecule has 1 aliphatic carbocycles. The van der Waals surface area contributed by atoms with Crippen molar-refractivity contribution in [3.63, 3.8) is 0 Å². The van der Waals surface area contributed by atoms with Gasteiger partial charge in [-0.15, -0.1) is 10.2 Å². The Morgan fingerprint density at radius 2 is 2.08 bits per heavy atom. The van der Waals surface area contributed by atoms with Crippen molar-refractivity contribution < 1.29 is 4.79 Å². The number of fused-ring (bicyclic) bond motifs is 2. The Balaban J connectivity index is 1.95. The number of rotatable bonds is 6. The summed E-state index contributed by atoms with van der Waals surface area (Å²) in [6.07, 6.45) is 4.78. The lowest BCUT2D eigenvalue weighted by Gasteiger charge is -2.14. The van der Waals surface area contributed by atoms with E-state index in [1.165, 1.54) is 4.40 Å². The molecule has 8 nitrogen and oxygen atoms in total. The first-order chi connectivity index (χ1) is 12.0. The van der Waals surface area contributed by atoms with Gasteiger partial charge < -0.3 is 5.73 Å². The SMILES string of the molecule is CCCCCn1c2c(c(=O)n3c(C4(C(N)=O)CC4)nnc13)CC(Br)=N2. The summed E-state index contributed by atoms with van der Waals surface area (Å²) in [5.74, 6) is 1.00. The summed E-state index contributed by atoms with van der Waals surface area (Å²) >= 11 is 3.40. The number of amides is 1. The zero-order chi connectivity index (χ0) is 17.8. The van der Waals surface area contributed by atoms with Gasteiger partial charge in [-0.05, 0) is 35.2 Å². The highest BCUT2D eigenvalue weighted by Crippen LogP contribution is 2.47. The van der Waals surface area contributed by atoms with Gasteiger partial charge >= 0.3 is 0 Å². The summed E-state index contributed by atoms with van der Waals surface area (Å²) in [5.41, 5.74) is 5.12. The van der Waals surface area contributed by atoms with Crippen molar-refractivity contribution in [1.82, 2.24) is 19.2 Å². The molecule has 3 heterocycles. The molecular formula is C16H19BrN6O2. The molecule has 2 aromatic rings. The summed E-state index contributed by atoms with van der Waals surface area (Å²) < 4.78 is 4.14. The Labute approximate surface area is 152 Å². The van der Waals surface area contributed by atoms with Crippen LogP contribution < -0.4 is 11.3 Å². The topological polar surface area (TPSA) is 108 Å². The molecule has 1 saturated carbocycles. The molecule has 132 valence electrons. The van der Waals surface area contributed by atoms with Gasteiger partial charge in [-0.3, -0.25) is 14.2 Å². The summed E-state index contributed by atoms with van der Waals surface area (Å²) in [6, 6.07) is 0. The number of primary amides is 1. The van der Waals surface area contributed by atoms with Crippen LogP contribution in [0.25, 0.3) is 5.78 Å². The zero-order valence-electron chi connectivity index (χ0n) is 14.0. The molecule has 1 fully saturated rings. The second-order valence-electron chi connectivity index (χ2n) is 6.74. The number of aliphatic imine (C=N–C) groups is 1. The summed E-state index contributed by atoms with van der Waals surface area (Å²) in [7, 11) is 0. The Morgan fingerprint density at radius 3 is 2.72 bits per heavy atom. The van der Waals surface area contributed by atoms with Gasteiger partial charge in [0, 0.05) is 13.0 Å². The molecule has 1 aliphatic heterocycles. The fraction of sp³-hybridized carbons (Fsp3) is 0.562. The molecule has 0 unspecified atom stereocenters. The summed E-state index contributed by atoms with van der Waals surface area (Å²) in [5, 5.41) is 8.42. The van der Waals surface area contributed by atoms with E-state index in [0.717, 1.165) is 23.9 Å². The maximum absolute atomic E-state index is 13.1. The molecule has 1 amide bonds.